The van der Waals surface area contributed by atoms with Gasteiger partial charge in [0.05, 0.1) is 10.7 Å². The average molecular weight is 275 g/mol. The van der Waals surface area contributed by atoms with Crippen molar-refractivity contribution >= 4 is 28.9 Å². The van der Waals surface area contributed by atoms with Crippen LogP contribution >= 0.6 is 11.6 Å². The lowest BCUT2D eigenvalue weighted by Gasteiger charge is -2.11. The maximum Gasteiger partial charge on any atom is 0.255 e. The summed E-state index contributed by atoms with van der Waals surface area (Å²) in [5, 5.41) is 3.29. The normalized spacial score (nSPS) is 10.3. The van der Waals surface area contributed by atoms with E-state index in [0.717, 1.165) is 16.8 Å². The van der Waals surface area contributed by atoms with Gasteiger partial charge < -0.3 is 11.1 Å². The monoisotopic (exact) mass is 274 g/mol. The van der Waals surface area contributed by atoms with Crippen molar-refractivity contribution in [3.8, 4) is 0 Å². The third kappa shape index (κ3) is 2.88. The van der Waals surface area contributed by atoms with E-state index in [4.69, 9.17) is 17.3 Å². The number of rotatable bonds is 2. The number of hydrogen-bond acceptors (Lipinski definition) is 2. The van der Waals surface area contributed by atoms with Crippen molar-refractivity contribution in [1.82, 2.24) is 0 Å². The summed E-state index contributed by atoms with van der Waals surface area (Å²) in [5.74, 6) is -0.195. The first-order valence-corrected chi connectivity index (χ1v) is 6.29. The highest BCUT2D eigenvalue weighted by atomic mass is 35.5. The molecule has 3 N–H and O–H groups in total. The zero-order valence-electron chi connectivity index (χ0n) is 10.8. The van der Waals surface area contributed by atoms with E-state index in [1.807, 2.05) is 32.0 Å². The smallest absolute Gasteiger partial charge is 0.255 e. The van der Waals surface area contributed by atoms with Crippen LogP contribution in [0.15, 0.2) is 36.4 Å². The molecular weight excluding hydrogens is 260 g/mol. The van der Waals surface area contributed by atoms with Gasteiger partial charge in [0.25, 0.3) is 5.91 Å². The van der Waals surface area contributed by atoms with Crippen LogP contribution in [0.2, 0.25) is 5.02 Å². The second-order valence-corrected chi connectivity index (χ2v) is 4.86. The minimum atomic E-state index is -0.195. The molecule has 2 rings (SSSR count). The molecule has 19 heavy (non-hydrogen) atoms. The molecule has 0 aliphatic carbocycles. The fourth-order valence-corrected chi connectivity index (χ4v) is 2.05. The maximum atomic E-state index is 12.2. The zero-order valence-corrected chi connectivity index (χ0v) is 11.6. The number of nitrogens with two attached hydrogens (primary N) is 1. The van der Waals surface area contributed by atoms with E-state index < -0.39 is 0 Å². The fourth-order valence-electron chi connectivity index (χ4n) is 1.87. The molecule has 3 nitrogen and oxygen atoms in total. The third-order valence-corrected chi connectivity index (χ3v) is 3.31. The molecule has 0 radical (unpaired) electrons. The van der Waals surface area contributed by atoms with Gasteiger partial charge in [-0.05, 0) is 43.2 Å². The summed E-state index contributed by atoms with van der Waals surface area (Å²) >= 11 is 5.92. The molecule has 98 valence electrons. The summed E-state index contributed by atoms with van der Waals surface area (Å²) in [6.07, 6.45) is 0. The van der Waals surface area contributed by atoms with Gasteiger partial charge in [0.1, 0.15) is 0 Å². The van der Waals surface area contributed by atoms with Crippen molar-refractivity contribution in [2.24, 2.45) is 0 Å². The molecule has 0 aliphatic heterocycles. The van der Waals surface area contributed by atoms with Crippen LogP contribution in [0.5, 0.6) is 0 Å². The molecule has 0 aromatic heterocycles. The second kappa shape index (κ2) is 5.33. The quantitative estimate of drug-likeness (QED) is 0.819. The van der Waals surface area contributed by atoms with Gasteiger partial charge in [-0.1, -0.05) is 29.8 Å². The number of aryl methyl sites for hydroxylation is 2. The summed E-state index contributed by atoms with van der Waals surface area (Å²) in [7, 11) is 0. The van der Waals surface area contributed by atoms with Crippen molar-refractivity contribution in [3.05, 3.63) is 58.1 Å². The molecule has 1 amide bonds. The number of benzene rings is 2. The highest BCUT2D eigenvalue weighted by Gasteiger charge is 2.10. The number of hydrogen-bond donors (Lipinski definition) is 2. The van der Waals surface area contributed by atoms with E-state index in [9.17, 15) is 4.79 Å². The molecule has 2 aromatic carbocycles. The number of halogens is 1. The van der Waals surface area contributed by atoms with Crippen LogP contribution in [0.1, 0.15) is 21.5 Å². The van der Waals surface area contributed by atoms with Crippen molar-refractivity contribution in [2.75, 3.05) is 11.1 Å². The Balaban J connectivity index is 2.28. The predicted molar refractivity (Wildman–Crippen MR) is 79.7 cm³/mol. The van der Waals surface area contributed by atoms with Crippen molar-refractivity contribution in [1.29, 1.82) is 0 Å². The van der Waals surface area contributed by atoms with Crippen LogP contribution in [0.4, 0.5) is 11.4 Å². The van der Waals surface area contributed by atoms with Gasteiger partial charge in [-0.3, -0.25) is 4.79 Å². The number of nitrogens with one attached hydrogen (secondary N) is 1. The van der Waals surface area contributed by atoms with Gasteiger partial charge in [-0.25, -0.2) is 0 Å². The van der Waals surface area contributed by atoms with Crippen LogP contribution in [0, 0.1) is 13.8 Å². The van der Waals surface area contributed by atoms with E-state index in [0.29, 0.717) is 16.3 Å². The van der Waals surface area contributed by atoms with Gasteiger partial charge in [-0.15, -0.1) is 0 Å². The van der Waals surface area contributed by atoms with Gasteiger partial charge >= 0.3 is 0 Å². The van der Waals surface area contributed by atoms with Gasteiger partial charge in [0.2, 0.25) is 0 Å². The number of carbonyl (C=O) groups excluding carboxylic acids is 1. The van der Waals surface area contributed by atoms with E-state index >= 15 is 0 Å². The predicted octanol–water partition coefficient (Wildman–Crippen LogP) is 3.79. The van der Waals surface area contributed by atoms with Crippen LogP contribution in [-0.4, -0.2) is 5.91 Å². The number of amides is 1. The second-order valence-electron chi connectivity index (χ2n) is 4.46. The molecule has 0 unspecified atom stereocenters. The Kier molecular flexibility index (Phi) is 3.76. The van der Waals surface area contributed by atoms with Crippen molar-refractivity contribution in [2.45, 2.75) is 13.8 Å². The first-order valence-electron chi connectivity index (χ1n) is 5.91. The molecule has 0 heterocycles. The summed E-state index contributed by atoms with van der Waals surface area (Å²) in [6, 6.07) is 10.7. The summed E-state index contributed by atoms with van der Waals surface area (Å²) in [4.78, 5) is 12.2. The molecule has 4 heteroatoms. The first kappa shape index (κ1) is 13.4. The Bertz CT molecular complexity index is 618. The number of nitrogen functional groups attached to an aromatic ring is 1. The molecular formula is C15H15ClN2O. The van der Waals surface area contributed by atoms with E-state index in [1.54, 1.807) is 18.2 Å². The van der Waals surface area contributed by atoms with Crippen LogP contribution < -0.4 is 11.1 Å². The lowest BCUT2D eigenvalue weighted by Crippen LogP contribution is -2.13. The van der Waals surface area contributed by atoms with Gasteiger partial charge in [0, 0.05) is 11.3 Å². The molecule has 0 aliphatic rings. The van der Waals surface area contributed by atoms with Crippen molar-refractivity contribution in [3.63, 3.8) is 0 Å². The highest BCUT2D eigenvalue weighted by Crippen LogP contribution is 2.23. The lowest BCUT2D eigenvalue weighted by atomic mass is 10.1. The van der Waals surface area contributed by atoms with Gasteiger partial charge in [0.15, 0.2) is 0 Å². The Morgan fingerprint density at radius 1 is 1.16 bits per heavy atom. The largest absolute Gasteiger partial charge is 0.398 e. The first-order chi connectivity index (χ1) is 8.99. The molecule has 0 bridgehead atoms. The van der Waals surface area contributed by atoms with Crippen LogP contribution in [-0.2, 0) is 0 Å². The lowest BCUT2D eigenvalue weighted by molar-refractivity contribution is 0.102. The molecule has 0 fully saturated rings. The Morgan fingerprint density at radius 3 is 2.37 bits per heavy atom. The highest BCUT2D eigenvalue weighted by molar-refractivity contribution is 6.33. The zero-order chi connectivity index (χ0) is 14.0. The Labute approximate surface area is 117 Å². The molecule has 0 saturated carbocycles. The standard InChI is InChI=1S/C15H15ClN2O/c1-9-4-3-5-10(2)14(9)18-15(19)11-6-7-13(17)12(16)8-11/h3-8H,17H2,1-2H3,(H,18,19). The van der Waals surface area contributed by atoms with Crippen molar-refractivity contribution < 1.29 is 4.79 Å². The van der Waals surface area contributed by atoms with Gasteiger partial charge in [-0.2, -0.15) is 0 Å². The van der Waals surface area contributed by atoms with Crippen LogP contribution in [0.3, 0.4) is 0 Å². The van der Waals surface area contributed by atoms with E-state index in [1.165, 1.54) is 0 Å². The van der Waals surface area contributed by atoms with E-state index in [2.05, 4.69) is 5.32 Å². The third-order valence-electron chi connectivity index (χ3n) is 2.98. The topological polar surface area (TPSA) is 55.1 Å². The summed E-state index contributed by atoms with van der Waals surface area (Å²) < 4.78 is 0. The number of para-hydroxylation sites is 1. The Hall–Kier alpha value is -2.00. The maximum absolute atomic E-state index is 12.2. The van der Waals surface area contributed by atoms with Crippen LogP contribution in [0.25, 0.3) is 0 Å². The minimum Gasteiger partial charge on any atom is -0.398 e. The van der Waals surface area contributed by atoms with E-state index in [-0.39, 0.29) is 5.91 Å². The minimum absolute atomic E-state index is 0.195. The number of carbonyl (C=O) groups is 1. The molecule has 0 spiro atoms. The molecule has 0 saturated heterocycles. The molecule has 0 atom stereocenters. The fraction of sp³-hybridized carbons (Fsp3) is 0.133. The Morgan fingerprint density at radius 2 is 1.79 bits per heavy atom. The SMILES string of the molecule is Cc1cccc(C)c1NC(=O)c1ccc(N)c(Cl)c1. The summed E-state index contributed by atoms with van der Waals surface area (Å²) in [6.45, 7) is 3.91. The molecule has 2 aromatic rings. The number of anilines is 2. The summed E-state index contributed by atoms with van der Waals surface area (Å²) in [5.41, 5.74) is 9.46. The average Bonchev–Trinajstić information content (AvgIpc) is 2.37.